The molecule has 2 aliphatic heterocycles. The lowest BCUT2D eigenvalue weighted by atomic mass is 9.72. The van der Waals surface area contributed by atoms with Gasteiger partial charge in [0.25, 0.3) is 0 Å². The molecule has 1 N–H and O–H groups in total. The summed E-state index contributed by atoms with van der Waals surface area (Å²) in [6.45, 7) is 9.38. The Morgan fingerprint density at radius 1 is 0.660 bits per heavy atom. The Morgan fingerprint density at radius 3 is 1.36 bits per heavy atom. The van der Waals surface area contributed by atoms with E-state index in [1.54, 1.807) is 0 Å². The summed E-state index contributed by atoms with van der Waals surface area (Å²) >= 11 is 1.40. The highest BCUT2D eigenvalue weighted by atomic mass is 32.2. The zero-order chi connectivity index (χ0) is 35.2. The van der Waals surface area contributed by atoms with Gasteiger partial charge >= 0.3 is 7.60 Å². The molecule has 0 amide bonds. The van der Waals surface area contributed by atoms with Crippen molar-refractivity contribution >= 4 is 29.9 Å². The van der Waals surface area contributed by atoms with Crippen molar-refractivity contribution in [3.05, 3.63) is 166 Å². The quantitative estimate of drug-likeness (QED) is 0.161. The minimum Gasteiger partial charge on any atom is -0.341 e. The molecule has 7 nitrogen and oxygen atoms in total. The van der Waals surface area contributed by atoms with E-state index >= 15 is 4.57 Å². The van der Waals surface area contributed by atoms with Crippen molar-refractivity contribution in [1.29, 1.82) is 0 Å². The van der Waals surface area contributed by atoms with Gasteiger partial charge < -0.3 is 9.47 Å². The van der Waals surface area contributed by atoms with Gasteiger partial charge in [-0.2, -0.15) is 0 Å². The third-order valence-corrected chi connectivity index (χ3v) is 14.1. The summed E-state index contributed by atoms with van der Waals surface area (Å²) in [5, 5.41) is 1.90. The minimum absolute atomic E-state index is 0.658. The zero-order valence-corrected chi connectivity index (χ0v) is 31.3. The van der Waals surface area contributed by atoms with Gasteiger partial charge in [0.05, 0.1) is 15.7 Å². The Kier molecular flexibility index (Phi) is 9.42. The van der Waals surface area contributed by atoms with Crippen LogP contribution in [0.15, 0.2) is 139 Å². The van der Waals surface area contributed by atoms with Gasteiger partial charge in [-0.1, -0.05) is 127 Å². The number of rotatable bonds is 8. The van der Waals surface area contributed by atoms with Crippen LogP contribution in [-0.2, 0) is 45.3 Å². The first-order valence-electron chi connectivity index (χ1n) is 16.7. The molecule has 0 radical (unpaired) electrons. The fourth-order valence-corrected chi connectivity index (χ4v) is 11.8. The summed E-state index contributed by atoms with van der Waals surface area (Å²) in [5.41, 5.74) is -0.199. The molecule has 10 heteroatoms. The van der Waals surface area contributed by atoms with Gasteiger partial charge in [0, 0.05) is 4.88 Å². The molecule has 2 saturated heterocycles. The highest BCUT2D eigenvalue weighted by Gasteiger charge is 2.70. The van der Waals surface area contributed by atoms with Crippen LogP contribution in [0, 0.1) is 0 Å². The van der Waals surface area contributed by atoms with E-state index in [0.717, 1.165) is 0 Å². The maximum absolute atomic E-state index is 16.7. The topological polar surface area (TPSA) is 83.1 Å². The summed E-state index contributed by atoms with van der Waals surface area (Å²) in [6, 6.07) is 42.6. The molecular formula is C40H42NO6PS2. The largest absolute Gasteiger partial charge is 0.356 e. The van der Waals surface area contributed by atoms with E-state index in [4.69, 9.17) is 18.5 Å². The molecule has 1 unspecified atom stereocenters. The summed E-state index contributed by atoms with van der Waals surface area (Å²) in [7, 11) is -6.20. The maximum atomic E-state index is 16.7. The van der Waals surface area contributed by atoms with Crippen molar-refractivity contribution in [1.82, 2.24) is 4.72 Å². The van der Waals surface area contributed by atoms with Crippen LogP contribution < -0.4 is 4.72 Å². The Labute approximate surface area is 301 Å². The third kappa shape index (κ3) is 6.18. The second kappa shape index (κ2) is 13.4. The number of hydrogen-bond acceptors (Lipinski definition) is 7. The predicted molar refractivity (Wildman–Crippen MR) is 199 cm³/mol. The van der Waals surface area contributed by atoms with Crippen LogP contribution in [0.5, 0.6) is 0 Å². The first kappa shape index (κ1) is 35.2. The molecule has 0 saturated carbocycles. The summed E-state index contributed by atoms with van der Waals surface area (Å²) < 4.78 is 62.1. The van der Waals surface area contributed by atoms with E-state index in [2.05, 4.69) is 4.72 Å². The lowest BCUT2D eigenvalue weighted by Crippen LogP contribution is -2.53. The third-order valence-electron chi connectivity index (χ3n) is 9.15. The molecule has 5 aromatic rings. The van der Waals surface area contributed by atoms with E-state index in [9.17, 15) is 4.21 Å². The van der Waals surface area contributed by atoms with E-state index in [1.165, 1.54) is 11.3 Å². The SMILES string of the molecule is CC1(C)O[C@@H]2[C@@H](O1)C(c1ccccc1)(c1ccccc1)OP(=O)([C@@H](NS(=O)C(C)(C)C)c1cccs1)OC2(c1ccccc1)c1ccccc1. The van der Waals surface area contributed by atoms with Crippen LogP contribution in [0.3, 0.4) is 0 Å². The van der Waals surface area contributed by atoms with Crippen LogP contribution in [0.25, 0.3) is 0 Å². The second-order valence-corrected chi connectivity index (χ2v) is 19.0. The normalized spacial score (nSPS) is 23.3. The molecule has 1 aromatic heterocycles. The first-order chi connectivity index (χ1) is 23.9. The molecule has 4 atom stereocenters. The molecule has 3 heterocycles. The molecule has 2 fully saturated rings. The Hall–Kier alpha value is -3.24. The monoisotopic (exact) mass is 727 g/mol. The van der Waals surface area contributed by atoms with Gasteiger partial charge in [-0.3, -0.25) is 13.6 Å². The van der Waals surface area contributed by atoms with Crippen molar-refractivity contribution in [2.45, 2.75) is 74.3 Å². The van der Waals surface area contributed by atoms with Crippen molar-refractivity contribution in [3.8, 4) is 0 Å². The number of fused-ring (bicyclic) bond motifs is 1. The highest BCUT2D eigenvalue weighted by molar-refractivity contribution is 7.84. The standard InChI is InChI=1S/C40H42NO6PS2/c1-37(2,3)50(43)41-36(33-27-18-28-49-33)48(42)46-39(29-19-10-6-11-20-29,30-21-12-7-13-22-30)34-35(45-38(4,5)44-34)40(47-48,31-23-14-8-15-24-31)32-25-16-9-17-26-32/h6-28,34-36,41H,1-5H3/t34-,35-,36-,50?/m1/s1. The van der Waals surface area contributed by atoms with Crippen LogP contribution >= 0.6 is 18.9 Å². The Bertz CT molecular complexity index is 1780. The Balaban J connectivity index is 1.62. The van der Waals surface area contributed by atoms with Gasteiger partial charge in [-0.15, -0.1) is 11.3 Å². The summed E-state index contributed by atoms with van der Waals surface area (Å²) in [6.07, 6.45) is -1.79. The number of thiophene rings is 1. The predicted octanol–water partition coefficient (Wildman–Crippen LogP) is 9.45. The smallest absolute Gasteiger partial charge is 0.341 e. The van der Waals surface area contributed by atoms with Crippen LogP contribution in [0.2, 0.25) is 0 Å². The van der Waals surface area contributed by atoms with E-state index in [0.29, 0.717) is 27.1 Å². The molecular weight excluding hydrogens is 686 g/mol. The van der Waals surface area contributed by atoms with Gasteiger partial charge in [0.2, 0.25) is 0 Å². The average Bonchev–Trinajstić information content (AvgIpc) is 3.75. The summed E-state index contributed by atoms with van der Waals surface area (Å²) in [5.74, 6) is -2.22. The van der Waals surface area contributed by atoms with Gasteiger partial charge in [-0.05, 0) is 68.3 Å². The molecule has 4 aromatic carbocycles. The lowest BCUT2D eigenvalue weighted by molar-refractivity contribution is -0.176. The fourth-order valence-electron chi connectivity index (χ4n) is 6.93. The van der Waals surface area contributed by atoms with Crippen LogP contribution in [0.4, 0.5) is 0 Å². The molecule has 260 valence electrons. The number of nitrogens with one attached hydrogen (secondary N) is 1. The van der Waals surface area contributed by atoms with Gasteiger partial charge in [-0.25, -0.2) is 8.93 Å². The molecule has 0 aliphatic carbocycles. The van der Waals surface area contributed by atoms with Crippen molar-refractivity contribution in [2.24, 2.45) is 0 Å². The molecule has 0 spiro atoms. The van der Waals surface area contributed by atoms with E-state index in [-0.39, 0.29) is 0 Å². The Morgan fingerprint density at radius 2 is 1.04 bits per heavy atom. The highest BCUT2D eigenvalue weighted by Crippen LogP contribution is 2.73. The second-order valence-electron chi connectivity index (χ2n) is 14.1. The molecule has 0 bridgehead atoms. The fraction of sp³-hybridized carbons (Fsp3) is 0.300. The van der Waals surface area contributed by atoms with E-state index < -0.39 is 58.3 Å². The summed E-state index contributed by atoms with van der Waals surface area (Å²) in [4.78, 5) is 0.658. The number of ether oxygens (including phenoxy) is 2. The number of benzene rings is 4. The number of hydrogen-bond donors (Lipinski definition) is 1. The van der Waals surface area contributed by atoms with Gasteiger partial charge in [0.1, 0.15) is 12.2 Å². The van der Waals surface area contributed by atoms with Crippen molar-refractivity contribution in [3.63, 3.8) is 0 Å². The molecule has 50 heavy (non-hydrogen) atoms. The van der Waals surface area contributed by atoms with Crippen LogP contribution in [-0.4, -0.2) is 27.0 Å². The minimum atomic E-state index is -4.53. The van der Waals surface area contributed by atoms with Gasteiger partial charge in [0.15, 0.2) is 22.8 Å². The average molecular weight is 728 g/mol. The van der Waals surface area contributed by atoms with E-state index in [1.807, 2.05) is 173 Å². The van der Waals surface area contributed by atoms with Crippen LogP contribution in [0.1, 0.15) is 67.5 Å². The lowest BCUT2D eigenvalue weighted by Gasteiger charge is -2.41. The maximum Gasteiger partial charge on any atom is 0.356 e. The zero-order valence-electron chi connectivity index (χ0n) is 28.7. The molecule has 2 aliphatic rings. The van der Waals surface area contributed by atoms with Crippen molar-refractivity contribution in [2.75, 3.05) is 0 Å². The van der Waals surface area contributed by atoms with Crippen molar-refractivity contribution < 1.29 is 27.3 Å². The first-order valence-corrected chi connectivity index (χ1v) is 20.3. The molecule has 7 rings (SSSR count).